The average Bonchev–Trinajstić information content (AvgIpc) is 3.20. The Morgan fingerprint density at radius 2 is 2.17 bits per heavy atom. The van der Waals surface area contributed by atoms with Crippen molar-refractivity contribution in [3.8, 4) is 6.07 Å². The number of hydrogen-bond acceptors (Lipinski definition) is 5. The summed E-state index contributed by atoms with van der Waals surface area (Å²) in [6.45, 7) is 4.86. The molecule has 8 heteroatoms. The molecular weight excluding hydrogens is 378 g/mol. The number of aromatic nitrogens is 3. The van der Waals surface area contributed by atoms with Crippen LogP contribution in [0.2, 0.25) is 0 Å². The maximum atomic E-state index is 12.7. The predicted octanol–water partition coefficient (Wildman–Crippen LogP) is 2.71. The van der Waals surface area contributed by atoms with Gasteiger partial charge in [0.15, 0.2) is 0 Å². The van der Waals surface area contributed by atoms with Crippen LogP contribution in [0.15, 0.2) is 41.7 Å². The van der Waals surface area contributed by atoms with Gasteiger partial charge in [-0.1, -0.05) is 0 Å². The van der Waals surface area contributed by atoms with E-state index in [2.05, 4.69) is 16.2 Å². The third-order valence-electron chi connectivity index (χ3n) is 5.60. The molecule has 0 atom stereocenters. The highest BCUT2D eigenvalue weighted by molar-refractivity contribution is 6.11. The minimum atomic E-state index is -0.0806. The smallest absolute Gasteiger partial charge is 0.255 e. The number of nitriles is 1. The molecule has 1 saturated heterocycles. The summed E-state index contributed by atoms with van der Waals surface area (Å²) in [6, 6.07) is 8.06. The van der Waals surface area contributed by atoms with Crippen molar-refractivity contribution in [2.24, 2.45) is 23.7 Å². The summed E-state index contributed by atoms with van der Waals surface area (Å²) in [7, 11) is 1.92. The maximum absolute atomic E-state index is 12.7. The number of carbonyl (C=O) groups excluding carboxylic acids is 1. The molecule has 0 unspecified atom stereocenters. The van der Waals surface area contributed by atoms with Crippen molar-refractivity contribution < 1.29 is 4.79 Å². The van der Waals surface area contributed by atoms with E-state index in [1.165, 1.54) is 6.20 Å². The summed E-state index contributed by atoms with van der Waals surface area (Å²) in [5.74, 6) is -0.155. The SMILES string of the molecule is Cc1c(C(=O)N2CC(C#N)C2)c[nH]c1C(/C=C\N)=Nc1ccc2c(C)n(C)nc2c1. The Morgan fingerprint density at radius 1 is 1.40 bits per heavy atom. The van der Waals surface area contributed by atoms with Gasteiger partial charge in [-0.2, -0.15) is 10.4 Å². The van der Waals surface area contributed by atoms with Crippen LogP contribution in [-0.2, 0) is 7.05 Å². The lowest BCUT2D eigenvalue weighted by atomic mass is 10.00. The number of carbonyl (C=O) groups is 1. The number of aryl methyl sites for hydroxylation is 2. The first kappa shape index (κ1) is 19.5. The summed E-state index contributed by atoms with van der Waals surface area (Å²) in [5.41, 5.74) is 11.1. The van der Waals surface area contributed by atoms with Crippen molar-refractivity contribution in [1.82, 2.24) is 19.7 Å². The molecule has 1 aliphatic rings. The second-order valence-corrected chi connectivity index (χ2v) is 7.51. The molecule has 0 aliphatic carbocycles. The Hall–Kier alpha value is -3.86. The molecule has 3 heterocycles. The van der Waals surface area contributed by atoms with E-state index in [4.69, 9.17) is 16.0 Å². The summed E-state index contributed by atoms with van der Waals surface area (Å²) in [4.78, 5) is 22.3. The maximum Gasteiger partial charge on any atom is 0.255 e. The zero-order chi connectivity index (χ0) is 21.4. The fourth-order valence-corrected chi connectivity index (χ4v) is 3.68. The van der Waals surface area contributed by atoms with Crippen LogP contribution in [0, 0.1) is 31.1 Å². The van der Waals surface area contributed by atoms with Gasteiger partial charge in [0.2, 0.25) is 0 Å². The first-order valence-corrected chi connectivity index (χ1v) is 9.70. The highest BCUT2D eigenvalue weighted by Gasteiger charge is 2.32. The number of aromatic amines is 1. The van der Waals surface area contributed by atoms with Gasteiger partial charge in [0.1, 0.15) is 0 Å². The number of H-pyrrole nitrogens is 1. The molecule has 1 fully saturated rings. The Bertz CT molecular complexity index is 1230. The molecule has 4 rings (SSSR count). The second-order valence-electron chi connectivity index (χ2n) is 7.51. The molecule has 3 aromatic rings. The zero-order valence-corrected chi connectivity index (χ0v) is 17.2. The number of nitrogens with two attached hydrogens (primary N) is 1. The minimum Gasteiger partial charge on any atom is -0.405 e. The summed E-state index contributed by atoms with van der Waals surface area (Å²) < 4.78 is 1.85. The van der Waals surface area contributed by atoms with Crippen molar-refractivity contribution in [3.05, 3.63) is 59.2 Å². The third kappa shape index (κ3) is 3.24. The molecule has 8 nitrogen and oxygen atoms in total. The largest absolute Gasteiger partial charge is 0.405 e. The number of likely N-dealkylation sites (tertiary alicyclic amines) is 1. The average molecular weight is 401 g/mol. The van der Waals surface area contributed by atoms with Gasteiger partial charge in [-0.15, -0.1) is 0 Å². The molecule has 0 radical (unpaired) electrons. The van der Waals surface area contributed by atoms with Crippen LogP contribution < -0.4 is 5.73 Å². The number of benzene rings is 1. The number of amides is 1. The van der Waals surface area contributed by atoms with Gasteiger partial charge >= 0.3 is 0 Å². The van der Waals surface area contributed by atoms with Crippen molar-refractivity contribution in [2.45, 2.75) is 13.8 Å². The van der Waals surface area contributed by atoms with Gasteiger partial charge in [0.05, 0.1) is 40.2 Å². The van der Waals surface area contributed by atoms with E-state index in [0.29, 0.717) is 24.4 Å². The highest BCUT2D eigenvalue weighted by Crippen LogP contribution is 2.26. The Kier molecular flexibility index (Phi) is 4.88. The molecule has 0 bridgehead atoms. The van der Waals surface area contributed by atoms with Crippen LogP contribution in [0.1, 0.15) is 27.3 Å². The van der Waals surface area contributed by atoms with E-state index in [9.17, 15) is 4.79 Å². The standard InChI is InChI=1S/C22H23N7O/c1-13-18(22(30)29-11-15(9-24)12-29)10-25-21(13)19(6-7-23)26-16-4-5-17-14(2)28(3)27-20(17)8-16/h4-8,10,15,25H,11-12,23H2,1-3H3/b7-6-,26-19?. The van der Waals surface area contributed by atoms with Gasteiger partial charge < -0.3 is 15.6 Å². The Morgan fingerprint density at radius 3 is 2.87 bits per heavy atom. The lowest BCUT2D eigenvalue weighted by molar-refractivity contribution is 0.0577. The van der Waals surface area contributed by atoms with Crippen LogP contribution in [-0.4, -0.2) is 44.4 Å². The number of nitrogens with one attached hydrogen (secondary N) is 1. The molecular formula is C22H23N7O. The van der Waals surface area contributed by atoms with Gasteiger partial charge in [-0.25, -0.2) is 4.99 Å². The third-order valence-corrected chi connectivity index (χ3v) is 5.60. The van der Waals surface area contributed by atoms with Crippen LogP contribution >= 0.6 is 0 Å². The van der Waals surface area contributed by atoms with Crippen molar-refractivity contribution >= 4 is 28.2 Å². The molecule has 1 aliphatic heterocycles. The molecule has 1 amide bonds. The topological polar surface area (TPSA) is 116 Å². The number of hydrogen-bond donors (Lipinski definition) is 2. The number of allylic oxidation sites excluding steroid dienone is 1. The van der Waals surface area contributed by atoms with E-state index in [0.717, 1.165) is 33.5 Å². The van der Waals surface area contributed by atoms with E-state index in [-0.39, 0.29) is 11.8 Å². The fraction of sp³-hybridized carbons (Fsp3) is 0.273. The number of aliphatic imine (C=N–C) groups is 1. The first-order chi connectivity index (χ1) is 14.4. The van der Waals surface area contributed by atoms with Crippen LogP contribution in [0.4, 0.5) is 5.69 Å². The normalized spacial score (nSPS) is 15.0. The number of nitrogens with zero attached hydrogens (tertiary/aromatic N) is 5. The molecule has 2 aromatic heterocycles. The molecule has 30 heavy (non-hydrogen) atoms. The van der Waals surface area contributed by atoms with Crippen LogP contribution in [0.3, 0.4) is 0 Å². The Labute approximate surface area is 174 Å². The zero-order valence-electron chi connectivity index (χ0n) is 17.2. The fourth-order valence-electron chi connectivity index (χ4n) is 3.68. The van der Waals surface area contributed by atoms with Crippen LogP contribution in [0.5, 0.6) is 0 Å². The quantitative estimate of drug-likeness (QED) is 0.654. The minimum absolute atomic E-state index is 0.0740. The molecule has 0 spiro atoms. The van der Waals surface area contributed by atoms with Gasteiger partial charge in [0, 0.05) is 37.4 Å². The van der Waals surface area contributed by atoms with E-state index >= 15 is 0 Å². The molecule has 3 N–H and O–H groups in total. The van der Waals surface area contributed by atoms with E-state index in [1.807, 2.05) is 43.8 Å². The lowest BCUT2D eigenvalue weighted by Gasteiger charge is -2.35. The second kappa shape index (κ2) is 7.52. The van der Waals surface area contributed by atoms with Gasteiger partial charge in [0.25, 0.3) is 5.91 Å². The summed E-state index contributed by atoms with van der Waals surface area (Å²) >= 11 is 0. The predicted molar refractivity (Wildman–Crippen MR) is 116 cm³/mol. The van der Waals surface area contributed by atoms with Crippen molar-refractivity contribution in [1.29, 1.82) is 5.26 Å². The molecule has 0 saturated carbocycles. The first-order valence-electron chi connectivity index (χ1n) is 9.70. The van der Waals surface area contributed by atoms with Crippen LogP contribution in [0.25, 0.3) is 10.9 Å². The van der Waals surface area contributed by atoms with Gasteiger partial charge in [-0.3, -0.25) is 9.48 Å². The highest BCUT2D eigenvalue weighted by atomic mass is 16.2. The van der Waals surface area contributed by atoms with Crippen molar-refractivity contribution in [2.75, 3.05) is 13.1 Å². The van der Waals surface area contributed by atoms with E-state index < -0.39 is 0 Å². The summed E-state index contributed by atoms with van der Waals surface area (Å²) in [5, 5.41) is 14.5. The summed E-state index contributed by atoms with van der Waals surface area (Å²) in [6.07, 6.45) is 4.82. The lowest BCUT2D eigenvalue weighted by Crippen LogP contribution is -2.49. The number of fused-ring (bicyclic) bond motifs is 1. The van der Waals surface area contributed by atoms with E-state index in [1.54, 1.807) is 17.2 Å². The molecule has 152 valence electrons. The Balaban J connectivity index is 1.68. The molecule has 1 aromatic carbocycles. The van der Waals surface area contributed by atoms with Crippen molar-refractivity contribution in [3.63, 3.8) is 0 Å². The monoisotopic (exact) mass is 401 g/mol. The number of rotatable bonds is 4. The van der Waals surface area contributed by atoms with Gasteiger partial charge in [-0.05, 0) is 49.9 Å².